The monoisotopic (exact) mass is 440 g/mol. The number of H-pyrrole nitrogens is 2. The number of benzene rings is 1. The smallest absolute Gasteiger partial charge is 0.349 e. The third-order valence-corrected chi connectivity index (χ3v) is 5.36. The molecule has 0 saturated heterocycles. The van der Waals surface area contributed by atoms with Crippen molar-refractivity contribution in [2.45, 2.75) is 39.0 Å². The molecule has 1 aromatic carbocycles. The van der Waals surface area contributed by atoms with E-state index < -0.39 is 16.9 Å². The number of ether oxygens (including phenoxy) is 1. The second-order valence-corrected chi connectivity index (χ2v) is 7.80. The Morgan fingerprint density at radius 1 is 1.19 bits per heavy atom. The summed E-state index contributed by atoms with van der Waals surface area (Å²) in [6.45, 7) is 3.77. The van der Waals surface area contributed by atoms with E-state index in [0.717, 1.165) is 22.2 Å². The first kappa shape index (κ1) is 20.6. The Kier molecular flexibility index (Phi) is 5.20. The summed E-state index contributed by atoms with van der Waals surface area (Å²) in [7, 11) is 0. The molecule has 0 spiro atoms. The van der Waals surface area contributed by atoms with Crippen LogP contribution in [0.3, 0.4) is 0 Å². The number of rotatable bonds is 4. The van der Waals surface area contributed by atoms with Gasteiger partial charge in [-0.3, -0.25) is 14.6 Å². The SMILES string of the molecule is CC(C)c1cc(Oc2c(Cl)cc(-n3nc(C#N)c(=O)[nH]c3=O)c3c2CCC3)n[nH]c1=O. The van der Waals surface area contributed by atoms with E-state index in [1.807, 2.05) is 13.8 Å². The number of aromatic nitrogens is 5. The van der Waals surface area contributed by atoms with E-state index in [0.29, 0.717) is 29.8 Å². The molecule has 0 amide bonds. The lowest BCUT2D eigenvalue weighted by atomic mass is 10.1. The minimum Gasteiger partial charge on any atom is -0.436 e. The van der Waals surface area contributed by atoms with Crippen LogP contribution in [0.5, 0.6) is 11.6 Å². The first-order chi connectivity index (χ1) is 14.8. The second kappa shape index (κ2) is 7.85. The highest BCUT2D eigenvalue weighted by atomic mass is 35.5. The highest BCUT2D eigenvalue weighted by molar-refractivity contribution is 6.32. The summed E-state index contributed by atoms with van der Waals surface area (Å²) in [4.78, 5) is 38.1. The van der Waals surface area contributed by atoms with Gasteiger partial charge in [0.25, 0.3) is 11.1 Å². The third-order valence-electron chi connectivity index (χ3n) is 5.08. The lowest BCUT2D eigenvalue weighted by Crippen LogP contribution is -2.33. The molecule has 2 N–H and O–H groups in total. The van der Waals surface area contributed by atoms with Crippen LogP contribution in [0.4, 0.5) is 0 Å². The number of halogens is 1. The average Bonchev–Trinajstić information content (AvgIpc) is 3.21. The molecule has 0 radical (unpaired) electrons. The van der Waals surface area contributed by atoms with Crippen LogP contribution >= 0.6 is 11.6 Å². The van der Waals surface area contributed by atoms with E-state index in [-0.39, 0.29) is 22.4 Å². The minimum absolute atomic E-state index is 0.0230. The van der Waals surface area contributed by atoms with Gasteiger partial charge >= 0.3 is 5.69 Å². The molecule has 11 heteroatoms. The van der Waals surface area contributed by atoms with Crippen LogP contribution in [-0.4, -0.2) is 25.0 Å². The van der Waals surface area contributed by atoms with Crippen molar-refractivity contribution >= 4 is 11.6 Å². The van der Waals surface area contributed by atoms with Crippen molar-refractivity contribution in [3.05, 3.63) is 70.7 Å². The Morgan fingerprint density at radius 2 is 1.94 bits per heavy atom. The number of nitrogens with one attached hydrogen (secondary N) is 2. The van der Waals surface area contributed by atoms with E-state index in [1.54, 1.807) is 12.1 Å². The maximum Gasteiger partial charge on any atom is 0.349 e. The van der Waals surface area contributed by atoms with Gasteiger partial charge in [0, 0.05) is 17.2 Å². The van der Waals surface area contributed by atoms with Crippen LogP contribution in [0.1, 0.15) is 48.6 Å². The van der Waals surface area contributed by atoms with Crippen molar-refractivity contribution in [1.29, 1.82) is 5.26 Å². The summed E-state index contributed by atoms with van der Waals surface area (Å²) >= 11 is 6.50. The number of nitrogens with zero attached hydrogens (tertiary/aromatic N) is 4. The molecule has 10 nitrogen and oxygen atoms in total. The van der Waals surface area contributed by atoms with Crippen molar-refractivity contribution in [2.24, 2.45) is 0 Å². The zero-order valence-electron chi connectivity index (χ0n) is 16.7. The molecular weight excluding hydrogens is 424 g/mol. The molecule has 4 rings (SSSR count). The van der Waals surface area contributed by atoms with E-state index in [2.05, 4.69) is 20.3 Å². The third kappa shape index (κ3) is 3.64. The lowest BCUT2D eigenvalue weighted by Gasteiger charge is -2.16. The number of fused-ring (bicyclic) bond motifs is 1. The predicted molar refractivity (Wildman–Crippen MR) is 111 cm³/mol. The van der Waals surface area contributed by atoms with Crippen LogP contribution in [-0.2, 0) is 12.8 Å². The fourth-order valence-electron chi connectivity index (χ4n) is 3.62. The Balaban J connectivity index is 1.85. The first-order valence-corrected chi connectivity index (χ1v) is 9.93. The fraction of sp³-hybridized carbons (Fsp3) is 0.300. The van der Waals surface area contributed by atoms with Crippen LogP contribution < -0.4 is 21.5 Å². The van der Waals surface area contributed by atoms with Crippen molar-refractivity contribution in [2.75, 3.05) is 0 Å². The molecule has 0 bridgehead atoms. The molecule has 0 atom stereocenters. The zero-order chi connectivity index (χ0) is 22.3. The molecule has 1 aliphatic rings. The van der Waals surface area contributed by atoms with Crippen LogP contribution in [0, 0.1) is 11.3 Å². The molecule has 31 heavy (non-hydrogen) atoms. The number of hydrogen-bond acceptors (Lipinski definition) is 7. The molecule has 1 aliphatic carbocycles. The van der Waals surface area contributed by atoms with Crippen molar-refractivity contribution in [3.63, 3.8) is 0 Å². The Bertz CT molecular complexity index is 1410. The predicted octanol–water partition coefficient (Wildman–Crippen LogP) is 1.93. The topological polar surface area (TPSA) is 147 Å². The van der Waals surface area contributed by atoms with E-state index >= 15 is 0 Å². The molecule has 0 saturated carbocycles. The van der Waals surface area contributed by atoms with Gasteiger partial charge in [0.1, 0.15) is 6.07 Å². The molecule has 158 valence electrons. The Morgan fingerprint density at radius 3 is 2.65 bits per heavy atom. The van der Waals surface area contributed by atoms with Crippen LogP contribution in [0.25, 0.3) is 5.69 Å². The molecule has 0 fully saturated rings. The van der Waals surface area contributed by atoms with Gasteiger partial charge in [-0.05, 0) is 36.8 Å². The highest BCUT2D eigenvalue weighted by Gasteiger charge is 2.26. The minimum atomic E-state index is -0.850. The second-order valence-electron chi connectivity index (χ2n) is 7.40. The summed E-state index contributed by atoms with van der Waals surface area (Å²) in [6, 6.07) is 4.74. The zero-order valence-corrected chi connectivity index (χ0v) is 17.4. The van der Waals surface area contributed by atoms with E-state index in [9.17, 15) is 14.4 Å². The molecular formula is C20H17ClN6O4. The van der Waals surface area contributed by atoms with E-state index in [1.165, 1.54) is 6.07 Å². The highest BCUT2D eigenvalue weighted by Crippen LogP contribution is 2.41. The van der Waals surface area contributed by atoms with Crippen LogP contribution in [0.15, 0.2) is 26.5 Å². The van der Waals surface area contributed by atoms with Gasteiger partial charge in [0.2, 0.25) is 11.6 Å². The van der Waals surface area contributed by atoms with Gasteiger partial charge in [0.15, 0.2) is 5.75 Å². The molecule has 2 heterocycles. The maximum absolute atomic E-state index is 12.3. The molecule has 0 aliphatic heterocycles. The van der Waals surface area contributed by atoms with Gasteiger partial charge in [-0.15, -0.1) is 10.2 Å². The van der Waals surface area contributed by atoms with Crippen LogP contribution in [0.2, 0.25) is 5.02 Å². The summed E-state index contributed by atoms with van der Waals surface area (Å²) in [6.07, 6.45) is 2.06. The van der Waals surface area contributed by atoms with Gasteiger partial charge in [-0.2, -0.15) is 9.94 Å². The van der Waals surface area contributed by atoms with Gasteiger partial charge in [0.05, 0.1) is 10.7 Å². The lowest BCUT2D eigenvalue weighted by molar-refractivity contribution is 0.447. The normalized spacial score (nSPS) is 12.6. The molecule has 0 unspecified atom stereocenters. The van der Waals surface area contributed by atoms with Crippen molar-refractivity contribution in [3.8, 4) is 23.4 Å². The standard InChI is InChI=1S/C20H17ClN6O4/c1-9(2)12-6-16(24-25-18(12)28)31-17-11-5-3-4-10(11)15(7-13(17)21)27-20(30)23-19(29)14(8-22)26-27/h6-7,9H,3-5H2,1-2H3,(H,25,28)(H,23,29,30). The van der Waals surface area contributed by atoms with Gasteiger partial charge < -0.3 is 4.74 Å². The Hall–Kier alpha value is -3.71. The van der Waals surface area contributed by atoms with Crippen molar-refractivity contribution < 1.29 is 4.74 Å². The average molecular weight is 441 g/mol. The van der Waals surface area contributed by atoms with E-state index in [4.69, 9.17) is 21.6 Å². The number of aromatic amines is 2. The number of hydrogen-bond donors (Lipinski definition) is 2. The van der Waals surface area contributed by atoms with Gasteiger partial charge in [-0.1, -0.05) is 25.4 Å². The van der Waals surface area contributed by atoms with Gasteiger partial charge in [-0.25, -0.2) is 9.89 Å². The first-order valence-electron chi connectivity index (χ1n) is 9.56. The molecule has 2 aromatic heterocycles. The fourth-order valence-corrected chi connectivity index (χ4v) is 3.87. The largest absolute Gasteiger partial charge is 0.436 e. The summed E-state index contributed by atoms with van der Waals surface area (Å²) in [5.41, 5.74) is 0.122. The van der Waals surface area contributed by atoms with Crippen molar-refractivity contribution in [1.82, 2.24) is 25.0 Å². The Labute approximate surface area is 180 Å². The quantitative estimate of drug-likeness (QED) is 0.629. The number of nitriles is 1. The summed E-state index contributed by atoms with van der Waals surface area (Å²) < 4.78 is 6.92. The maximum atomic E-state index is 12.3. The molecule has 3 aromatic rings. The summed E-state index contributed by atoms with van der Waals surface area (Å²) in [5.74, 6) is 0.550. The summed E-state index contributed by atoms with van der Waals surface area (Å²) in [5, 5.41) is 19.6.